The minimum atomic E-state index is -0.108. The van der Waals surface area contributed by atoms with Gasteiger partial charge in [-0.15, -0.1) is 6.58 Å². The molecule has 0 N–H and O–H groups in total. The van der Waals surface area contributed by atoms with Gasteiger partial charge in [0.15, 0.2) is 0 Å². The van der Waals surface area contributed by atoms with Gasteiger partial charge in [-0.3, -0.25) is 9.59 Å². The Bertz CT molecular complexity index is 447. The second kappa shape index (κ2) is 26.9. The first kappa shape index (κ1) is 31.7. The van der Waals surface area contributed by atoms with Gasteiger partial charge in [-0.05, 0) is 25.7 Å². The summed E-state index contributed by atoms with van der Waals surface area (Å²) in [5.41, 5.74) is 0. The van der Waals surface area contributed by atoms with Crippen molar-refractivity contribution < 1.29 is 19.1 Å². The molecule has 4 nitrogen and oxygen atoms in total. The fourth-order valence-corrected chi connectivity index (χ4v) is 3.95. The Morgan fingerprint density at radius 2 is 0.909 bits per heavy atom. The average molecular weight is 467 g/mol. The summed E-state index contributed by atoms with van der Waals surface area (Å²) >= 11 is 0. The molecule has 0 aromatic carbocycles. The molecule has 194 valence electrons. The number of esters is 2. The molecule has 0 saturated carbocycles. The lowest BCUT2D eigenvalue weighted by Gasteiger charge is -2.06. The van der Waals surface area contributed by atoms with Crippen molar-refractivity contribution in [1.82, 2.24) is 0 Å². The summed E-state index contributed by atoms with van der Waals surface area (Å²) in [6.45, 7) is 6.90. The highest BCUT2D eigenvalue weighted by Gasteiger charge is 2.04. The van der Waals surface area contributed by atoms with E-state index in [1.807, 2.05) is 0 Å². The van der Waals surface area contributed by atoms with E-state index < -0.39 is 0 Å². The highest BCUT2D eigenvalue weighted by molar-refractivity contribution is 5.69. The van der Waals surface area contributed by atoms with Crippen LogP contribution in [0, 0.1) is 0 Å². The van der Waals surface area contributed by atoms with Crippen LogP contribution in [0.25, 0.3) is 0 Å². The van der Waals surface area contributed by atoms with Crippen LogP contribution in [-0.4, -0.2) is 25.2 Å². The van der Waals surface area contributed by atoms with E-state index in [-0.39, 0.29) is 11.9 Å². The van der Waals surface area contributed by atoms with Crippen molar-refractivity contribution in [3.63, 3.8) is 0 Å². The molecule has 4 heteroatoms. The highest BCUT2D eigenvalue weighted by Crippen LogP contribution is 2.13. The van der Waals surface area contributed by atoms with Gasteiger partial charge in [-0.2, -0.15) is 0 Å². The van der Waals surface area contributed by atoms with Crippen molar-refractivity contribution in [2.24, 2.45) is 0 Å². The second-order valence-corrected chi connectivity index (χ2v) is 9.38. The molecule has 33 heavy (non-hydrogen) atoms. The third-order valence-corrected chi connectivity index (χ3v) is 6.11. The molecule has 0 unspecified atom stereocenters. The molecule has 0 bridgehead atoms. The predicted molar refractivity (Wildman–Crippen MR) is 139 cm³/mol. The molecule has 0 aromatic rings. The van der Waals surface area contributed by atoms with Crippen LogP contribution in [0.3, 0.4) is 0 Å². The molecule has 0 saturated heterocycles. The fraction of sp³-hybridized carbons (Fsp3) is 0.862. The average Bonchev–Trinajstić information content (AvgIpc) is 2.81. The summed E-state index contributed by atoms with van der Waals surface area (Å²) in [7, 11) is 0. The standard InChI is InChI=1S/C29H54O4/c1-3-5-7-8-9-10-11-12-13-14-17-20-23-27-33-29(31)25-22-19-16-15-18-21-24-28(30)32-26-6-4-2/h4H,2-3,5-27H2,1H3. The molecule has 0 aliphatic rings. The summed E-state index contributed by atoms with van der Waals surface area (Å²) in [5, 5.41) is 0. The van der Waals surface area contributed by atoms with E-state index >= 15 is 0 Å². The first-order valence-corrected chi connectivity index (χ1v) is 14.1. The van der Waals surface area contributed by atoms with E-state index in [9.17, 15) is 9.59 Å². The Morgan fingerprint density at radius 1 is 0.545 bits per heavy atom. The third kappa shape index (κ3) is 26.8. The summed E-state index contributed by atoms with van der Waals surface area (Å²) in [6.07, 6.45) is 26.9. The molecule has 0 heterocycles. The van der Waals surface area contributed by atoms with Crippen LogP contribution in [0.2, 0.25) is 0 Å². The molecule has 0 amide bonds. The maximum atomic E-state index is 11.8. The monoisotopic (exact) mass is 466 g/mol. The van der Waals surface area contributed by atoms with Crippen molar-refractivity contribution >= 4 is 11.9 Å². The van der Waals surface area contributed by atoms with Crippen LogP contribution in [-0.2, 0) is 19.1 Å². The smallest absolute Gasteiger partial charge is 0.305 e. The van der Waals surface area contributed by atoms with E-state index in [2.05, 4.69) is 13.5 Å². The Hall–Kier alpha value is -1.32. The largest absolute Gasteiger partial charge is 0.466 e. The summed E-state index contributed by atoms with van der Waals surface area (Å²) < 4.78 is 10.4. The summed E-state index contributed by atoms with van der Waals surface area (Å²) in [5.74, 6) is -0.153. The SMILES string of the molecule is C=CCCOC(=O)CCCCCCCCC(=O)OCCCCCCCCCCCCCCC. The van der Waals surface area contributed by atoms with Gasteiger partial charge in [0.1, 0.15) is 0 Å². The molecule has 0 aliphatic heterocycles. The zero-order valence-electron chi connectivity index (χ0n) is 21.9. The van der Waals surface area contributed by atoms with Crippen LogP contribution in [0.15, 0.2) is 12.7 Å². The van der Waals surface area contributed by atoms with E-state index in [4.69, 9.17) is 9.47 Å². The number of hydrogen-bond donors (Lipinski definition) is 0. The first-order chi connectivity index (χ1) is 16.2. The minimum absolute atomic E-state index is 0.0452. The van der Waals surface area contributed by atoms with Gasteiger partial charge in [0.25, 0.3) is 0 Å². The van der Waals surface area contributed by atoms with Crippen molar-refractivity contribution in [2.75, 3.05) is 13.2 Å². The lowest BCUT2D eigenvalue weighted by atomic mass is 10.0. The Balaban J connectivity index is 3.22. The molecular weight excluding hydrogens is 412 g/mol. The number of carbonyl (C=O) groups excluding carboxylic acids is 2. The number of carbonyl (C=O) groups is 2. The molecule has 0 atom stereocenters. The van der Waals surface area contributed by atoms with Crippen LogP contribution in [0.1, 0.15) is 148 Å². The molecule has 0 radical (unpaired) electrons. The normalized spacial score (nSPS) is 10.8. The fourth-order valence-electron chi connectivity index (χ4n) is 3.95. The zero-order valence-corrected chi connectivity index (χ0v) is 21.9. The Morgan fingerprint density at radius 3 is 1.33 bits per heavy atom. The van der Waals surface area contributed by atoms with Gasteiger partial charge in [0.05, 0.1) is 13.2 Å². The number of unbranched alkanes of at least 4 members (excludes halogenated alkanes) is 17. The molecule has 0 aliphatic carbocycles. The van der Waals surface area contributed by atoms with Crippen LogP contribution in [0.5, 0.6) is 0 Å². The highest BCUT2D eigenvalue weighted by atomic mass is 16.5. The predicted octanol–water partition coefficient (Wildman–Crippen LogP) is 8.86. The second-order valence-electron chi connectivity index (χ2n) is 9.38. The first-order valence-electron chi connectivity index (χ1n) is 14.1. The lowest BCUT2D eigenvalue weighted by Crippen LogP contribution is -2.05. The molecule has 0 spiro atoms. The van der Waals surface area contributed by atoms with Crippen LogP contribution < -0.4 is 0 Å². The maximum Gasteiger partial charge on any atom is 0.305 e. The quantitative estimate of drug-likeness (QED) is 0.0725. The van der Waals surface area contributed by atoms with Crippen molar-refractivity contribution in [1.29, 1.82) is 0 Å². The minimum Gasteiger partial charge on any atom is -0.466 e. The van der Waals surface area contributed by atoms with E-state index in [0.717, 1.165) is 44.9 Å². The summed E-state index contributed by atoms with van der Waals surface area (Å²) in [6, 6.07) is 0. The van der Waals surface area contributed by atoms with E-state index in [1.165, 1.54) is 77.0 Å². The molecule has 0 fully saturated rings. The van der Waals surface area contributed by atoms with Gasteiger partial charge in [-0.25, -0.2) is 0 Å². The van der Waals surface area contributed by atoms with Crippen LogP contribution in [0.4, 0.5) is 0 Å². The molecule has 0 rings (SSSR count). The van der Waals surface area contributed by atoms with E-state index in [0.29, 0.717) is 32.5 Å². The third-order valence-electron chi connectivity index (χ3n) is 6.11. The van der Waals surface area contributed by atoms with Crippen molar-refractivity contribution in [3.05, 3.63) is 12.7 Å². The van der Waals surface area contributed by atoms with Gasteiger partial charge in [0, 0.05) is 12.8 Å². The zero-order chi connectivity index (χ0) is 24.2. The van der Waals surface area contributed by atoms with Gasteiger partial charge < -0.3 is 9.47 Å². The van der Waals surface area contributed by atoms with Crippen molar-refractivity contribution in [3.8, 4) is 0 Å². The van der Waals surface area contributed by atoms with Gasteiger partial charge in [0.2, 0.25) is 0 Å². The topological polar surface area (TPSA) is 52.6 Å². The van der Waals surface area contributed by atoms with Gasteiger partial charge in [-0.1, -0.05) is 116 Å². The maximum absolute atomic E-state index is 11.8. The Labute approximate surface area is 205 Å². The summed E-state index contributed by atoms with van der Waals surface area (Å²) in [4.78, 5) is 23.3. The number of hydrogen-bond acceptors (Lipinski definition) is 4. The van der Waals surface area contributed by atoms with Gasteiger partial charge >= 0.3 is 11.9 Å². The Kier molecular flexibility index (Phi) is 25.9. The molecule has 0 aromatic heterocycles. The van der Waals surface area contributed by atoms with Crippen LogP contribution >= 0.6 is 0 Å². The molecular formula is C29H54O4. The van der Waals surface area contributed by atoms with E-state index in [1.54, 1.807) is 6.08 Å². The number of rotatable bonds is 26. The number of ether oxygens (including phenoxy) is 2. The lowest BCUT2D eigenvalue weighted by molar-refractivity contribution is -0.144. The van der Waals surface area contributed by atoms with Crippen molar-refractivity contribution in [2.45, 2.75) is 148 Å².